The van der Waals surface area contributed by atoms with Crippen LogP contribution in [0.25, 0.3) is 0 Å². The van der Waals surface area contributed by atoms with Crippen molar-refractivity contribution < 1.29 is 9.59 Å². The number of hydrogen-bond acceptors (Lipinski definition) is 3. The highest BCUT2D eigenvalue weighted by Gasteiger charge is 2.29. The molecule has 0 radical (unpaired) electrons. The number of nitrogens with one attached hydrogen (secondary N) is 2. The summed E-state index contributed by atoms with van der Waals surface area (Å²) in [6, 6.07) is 11.9. The van der Waals surface area contributed by atoms with Gasteiger partial charge in [0.15, 0.2) is 0 Å². The Morgan fingerprint density at radius 1 is 1.00 bits per heavy atom. The number of amides is 2. The number of anilines is 1. The zero-order valence-corrected chi connectivity index (χ0v) is 15.6. The molecule has 0 atom stereocenters. The summed E-state index contributed by atoms with van der Waals surface area (Å²) in [5, 5.41) is 7.68. The van der Waals surface area contributed by atoms with Gasteiger partial charge in [-0.1, -0.05) is 35.3 Å². The Balaban J connectivity index is 1.62. The minimum Gasteiger partial charge on any atom is -0.326 e. The minimum absolute atomic E-state index is 0.0667. The topological polar surface area (TPSA) is 70.6 Å². The molecule has 1 saturated carbocycles. The van der Waals surface area contributed by atoms with Crippen LogP contribution >= 0.6 is 23.2 Å². The van der Waals surface area contributed by atoms with E-state index in [0.717, 1.165) is 24.1 Å². The summed E-state index contributed by atoms with van der Waals surface area (Å²) in [4.78, 5) is 23.9. The van der Waals surface area contributed by atoms with Crippen LogP contribution in [0.4, 0.5) is 5.69 Å². The molecule has 1 aliphatic rings. The molecule has 5 nitrogen and oxygen atoms in total. The first-order valence-electron chi connectivity index (χ1n) is 8.15. The summed E-state index contributed by atoms with van der Waals surface area (Å²) < 4.78 is 0. The van der Waals surface area contributed by atoms with Crippen LogP contribution in [0.3, 0.4) is 0 Å². The molecule has 0 spiro atoms. The van der Waals surface area contributed by atoms with Crippen LogP contribution in [0, 0.1) is 5.92 Å². The molecule has 0 aliphatic heterocycles. The Morgan fingerprint density at radius 3 is 2.27 bits per heavy atom. The van der Waals surface area contributed by atoms with Crippen LogP contribution in [0.5, 0.6) is 0 Å². The number of nitrogens with zero attached hydrogens (tertiary/aromatic N) is 1. The summed E-state index contributed by atoms with van der Waals surface area (Å²) in [5.41, 5.74) is 5.08. The van der Waals surface area contributed by atoms with Gasteiger partial charge in [-0.25, -0.2) is 5.43 Å². The number of rotatable bonds is 5. The van der Waals surface area contributed by atoms with Gasteiger partial charge in [0.2, 0.25) is 5.91 Å². The van der Waals surface area contributed by atoms with E-state index in [9.17, 15) is 9.59 Å². The second kappa shape index (κ2) is 7.89. The van der Waals surface area contributed by atoms with E-state index in [2.05, 4.69) is 15.8 Å². The van der Waals surface area contributed by atoms with Crippen LogP contribution in [0.15, 0.2) is 47.6 Å². The normalized spacial score (nSPS) is 14.0. The Labute approximate surface area is 161 Å². The van der Waals surface area contributed by atoms with Crippen LogP contribution in [-0.2, 0) is 4.79 Å². The van der Waals surface area contributed by atoms with E-state index in [1.807, 2.05) is 24.3 Å². The van der Waals surface area contributed by atoms with Gasteiger partial charge < -0.3 is 5.32 Å². The van der Waals surface area contributed by atoms with Crippen molar-refractivity contribution in [1.82, 2.24) is 5.43 Å². The third-order valence-corrected chi connectivity index (χ3v) is 4.76. The Morgan fingerprint density at radius 2 is 1.65 bits per heavy atom. The lowest BCUT2D eigenvalue weighted by molar-refractivity contribution is -0.117. The molecule has 2 aromatic carbocycles. The maximum atomic E-state index is 12.1. The van der Waals surface area contributed by atoms with E-state index in [4.69, 9.17) is 23.2 Å². The molecule has 0 unspecified atom stereocenters. The van der Waals surface area contributed by atoms with E-state index < -0.39 is 0 Å². The number of carbonyl (C=O) groups excluding carboxylic acids is 2. The lowest BCUT2D eigenvalue weighted by Crippen LogP contribution is -2.19. The summed E-state index contributed by atoms with van der Waals surface area (Å²) in [6.45, 7) is 1.78. The Kier molecular flexibility index (Phi) is 5.59. The van der Waals surface area contributed by atoms with E-state index >= 15 is 0 Å². The molecule has 1 aliphatic carbocycles. The van der Waals surface area contributed by atoms with Crippen molar-refractivity contribution in [2.45, 2.75) is 19.8 Å². The average molecular weight is 390 g/mol. The Bertz CT molecular complexity index is 875. The lowest BCUT2D eigenvalue weighted by Gasteiger charge is -2.07. The molecule has 0 aromatic heterocycles. The maximum Gasteiger partial charge on any atom is 0.271 e. The van der Waals surface area contributed by atoms with Crippen molar-refractivity contribution in [3.63, 3.8) is 0 Å². The molecule has 0 heterocycles. The number of hydrazone groups is 1. The number of benzene rings is 2. The van der Waals surface area contributed by atoms with Gasteiger partial charge in [-0.05, 0) is 55.7 Å². The smallest absolute Gasteiger partial charge is 0.271 e. The molecule has 0 bridgehead atoms. The quantitative estimate of drug-likeness (QED) is 0.583. The number of halogens is 2. The average Bonchev–Trinajstić information content (AvgIpc) is 3.47. The minimum atomic E-state index is -0.378. The van der Waals surface area contributed by atoms with Gasteiger partial charge in [0.1, 0.15) is 0 Å². The van der Waals surface area contributed by atoms with E-state index in [1.54, 1.807) is 19.1 Å². The highest BCUT2D eigenvalue weighted by molar-refractivity contribution is 6.42. The van der Waals surface area contributed by atoms with Crippen molar-refractivity contribution in [3.05, 3.63) is 63.6 Å². The summed E-state index contributed by atoms with van der Waals surface area (Å²) >= 11 is 11.8. The third kappa shape index (κ3) is 4.62. The monoisotopic (exact) mass is 389 g/mol. The predicted molar refractivity (Wildman–Crippen MR) is 104 cm³/mol. The fourth-order valence-corrected chi connectivity index (χ4v) is 2.58. The predicted octanol–water partition coefficient (Wildman–Crippen LogP) is 4.50. The second-order valence-electron chi connectivity index (χ2n) is 6.11. The number of hydrogen-bond donors (Lipinski definition) is 2. The van der Waals surface area contributed by atoms with Crippen LogP contribution in [-0.4, -0.2) is 17.5 Å². The van der Waals surface area contributed by atoms with Crippen molar-refractivity contribution in [2.75, 3.05) is 5.32 Å². The van der Waals surface area contributed by atoms with Gasteiger partial charge in [0, 0.05) is 17.2 Å². The highest BCUT2D eigenvalue weighted by Crippen LogP contribution is 2.30. The lowest BCUT2D eigenvalue weighted by atomic mass is 10.1. The zero-order valence-electron chi connectivity index (χ0n) is 14.1. The van der Waals surface area contributed by atoms with Gasteiger partial charge in [-0.15, -0.1) is 0 Å². The number of carbonyl (C=O) groups is 2. The van der Waals surface area contributed by atoms with Crippen molar-refractivity contribution >= 4 is 46.4 Å². The van der Waals surface area contributed by atoms with Gasteiger partial charge in [-0.3, -0.25) is 9.59 Å². The molecule has 7 heteroatoms. The molecule has 26 heavy (non-hydrogen) atoms. The zero-order chi connectivity index (χ0) is 18.7. The van der Waals surface area contributed by atoms with E-state index in [0.29, 0.717) is 21.3 Å². The fourth-order valence-electron chi connectivity index (χ4n) is 2.29. The van der Waals surface area contributed by atoms with E-state index in [1.165, 1.54) is 6.07 Å². The second-order valence-corrected chi connectivity index (χ2v) is 6.92. The fraction of sp³-hybridized carbons (Fsp3) is 0.211. The first-order valence-corrected chi connectivity index (χ1v) is 8.90. The molecule has 134 valence electrons. The van der Waals surface area contributed by atoms with Crippen molar-refractivity contribution in [2.24, 2.45) is 11.0 Å². The third-order valence-electron chi connectivity index (χ3n) is 4.03. The van der Waals surface area contributed by atoms with Gasteiger partial charge >= 0.3 is 0 Å². The van der Waals surface area contributed by atoms with Crippen molar-refractivity contribution in [1.29, 1.82) is 0 Å². The standard InChI is InChI=1S/C19H17Cl2N3O2/c1-11(23-24-19(26)14-6-9-16(20)17(21)10-14)12-4-7-15(8-5-12)22-18(25)13-2-3-13/h4-10,13H,2-3H2,1H3,(H,22,25)(H,24,26)/b23-11+. The molecule has 2 N–H and O–H groups in total. The SMILES string of the molecule is C/C(=N\NC(=O)c1ccc(Cl)c(Cl)c1)c1ccc(NC(=O)C2CC2)cc1. The molecule has 3 rings (SSSR count). The molecule has 2 amide bonds. The largest absolute Gasteiger partial charge is 0.326 e. The summed E-state index contributed by atoms with van der Waals surface area (Å²) in [5.74, 6) is -0.150. The summed E-state index contributed by atoms with van der Waals surface area (Å²) in [7, 11) is 0. The Hall–Kier alpha value is -2.37. The highest BCUT2D eigenvalue weighted by atomic mass is 35.5. The van der Waals surface area contributed by atoms with Gasteiger partial charge in [0.25, 0.3) is 5.91 Å². The molecular weight excluding hydrogens is 373 g/mol. The van der Waals surface area contributed by atoms with E-state index in [-0.39, 0.29) is 17.7 Å². The van der Waals surface area contributed by atoms with Gasteiger partial charge in [0.05, 0.1) is 15.8 Å². The first kappa shape index (κ1) is 18.4. The van der Waals surface area contributed by atoms with Crippen LogP contribution in [0.1, 0.15) is 35.7 Å². The summed E-state index contributed by atoms with van der Waals surface area (Å²) in [6.07, 6.45) is 1.93. The molecule has 0 saturated heterocycles. The molecule has 2 aromatic rings. The first-order chi connectivity index (χ1) is 12.4. The van der Waals surface area contributed by atoms with Crippen LogP contribution in [0.2, 0.25) is 10.0 Å². The van der Waals surface area contributed by atoms with Crippen molar-refractivity contribution in [3.8, 4) is 0 Å². The van der Waals surface area contributed by atoms with Gasteiger partial charge in [-0.2, -0.15) is 5.10 Å². The molecular formula is C19H17Cl2N3O2. The maximum absolute atomic E-state index is 12.1. The molecule has 1 fully saturated rings. The van der Waals surface area contributed by atoms with Crippen LogP contribution < -0.4 is 10.7 Å².